The zero-order valence-corrected chi connectivity index (χ0v) is 12.5. The Labute approximate surface area is 110 Å². The molecule has 0 rings (SSSR count). The first-order valence-corrected chi connectivity index (χ1v) is 8.00. The SMILES string of the molecule is CCCC/C=C/CCCC(CC)CCCCC. The van der Waals surface area contributed by atoms with Crippen molar-refractivity contribution in [3.05, 3.63) is 12.2 Å². The molecule has 0 fully saturated rings. The molecule has 0 aromatic carbocycles. The number of hydrogen-bond donors (Lipinski definition) is 0. The lowest BCUT2D eigenvalue weighted by atomic mass is 9.93. The van der Waals surface area contributed by atoms with E-state index in [9.17, 15) is 0 Å². The summed E-state index contributed by atoms with van der Waals surface area (Å²) in [5.41, 5.74) is 0. The summed E-state index contributed by atoms with van der Waals surface area (Å²) in [5.74, 6) is 0.991. The van der Waals surface area contributed by atoms with Crippen LogP contribution in [0.3, 0.4) is 0 Å². The Morgan fingerprint density at radius 2 is 1.29 bits per heavy atom. The molecule has 0 aromatic heterocycles. The molecule has 0 saturated carbocycles. The Bertz CT molecular complexity index is 157. The van der Waals surface area contributed by atoms with Gasteiger partial charge in [0.25, 0.3) is 0 Å². The van der Waals surface area contributed by atoms with Gasteiger partial charge in [0, 0.05) is 0 Å². The van der Waals surface area contributed by atoms with E-state index >= 15 is 0 Å². The molecule has 0 saturated heterocycles. The van der Waals surface area contributed by atoms with Gasteiger partial charge in [-0.15, -0.1) is 0 Å². The summed E-state index contributed by atoms with van der Waals surface area (Å²) in [5, 5.41) is 0. The predicted molar refractivity (Wildman–Crippen MR) is 80.4 cm³/mol. The van der Waals surface area contributed by atoms with E-state index < -0.39 is 0 Å². The third-order valence-electron chi connectivity index (χ3n) is 3.67. The largest absolute Gasteiger partial charge is 0.0885 e. The van der Waals surface area contributed by atoms with Crippen LogP contribution in [-0.4, -0.2) is 0 Å². The first-order chi connectivity index (χ1) is 8.35. The van der Waals surface area contributed by atoms with Crippen LogP contribution in [0.1, 0.15) is 91.4 Å². The van der Waals surface area contributed by atoms with Crippen LogP contribution in [0.15, 0.2) is 12.2 Å². The molecule has 0 bridgehead atoms. The highest BCUT2D eigenvalue weighted by Crippen LogP contribution is 2.20. The third kappa shape index (κ3) is 12.0. The van der Waals surface area contributed by atoms with E-state index in [1.54, 1.807) is 0 Å². The smallest absolute Gasteiger partial charge is 0.0351 e. The van der Waals surface area contributed by atoms with Crippen molar-refractivity contribution in [3.63, 3.8) is 0 Å². The van der Waals surface area contributed by atoms with Crippen LogP contribution < -0.4 is 0 Å². The molecule has 1 atom stereocenters. The second-order valence-electron chi connectivity index (χ2n) is 5.31. The molecule has 0 aromatic rings. The molecule has 0 heteroatoms. The molecule has 0 nitrogen and oxygen atoms in total. The predicted octanol–water partition coefficient (Wildman–Crippen LogP) is 6.51. The molecule has 0 radical (unpaired) electrons. The summed E-state index contributed by atoms with van der Waals surface area (Å²) < 4.78 is 0. The molecular weight excluding hydrogens is 204 g/mol. The van der Waals surface area contributed by atoms with Gasteiger partial charge < -0.3 is 0 Å². The summed E-state index contributed by atoms with van der Waals surface area (Å²) in [6.45, 7) is 6.91. The maximum atomic E-state index is 2.40. The van der Waals surface area contributed by atoms with E-state index in [-0.39, 0.29) is 0 Å². The minimum atomic E-state index is 0.991. The number of hydrogen-bond acceptors (Lipinski definition) is 0. The molecule has 0 aliphatic carbocycles. The van der Waals surface area contributed by atoms with Crippen LogP contribution in [-0.2, 0) is 0 Å². The van der Waals surface area contributed by atoms with Gasteiger partial charge in [0.2, 0.25) is 0 Å². The first kappa shape index (κ1) is 16.7. The second-order valence-corrected chi connectivity index (χ2v) is 5.31. The van der Waals surface area contributed by atoms with Crippen molar-refractivity contribution in [2.45, 2.75) is 91.4 Å². The lowest BCUT2D eigenvalue weighted by Gasteiger charge is -2.13. The molecule has 0 amide bonds. The van der Waals surface area contributed by atoms with Gasteiger partial charge in [0.1, 0.15) is 0 Å². The quantitative estimate of drug-likeness (QED) is 0.268. The fourth-order valence-corrected chi connectivity index (χ4v) is 2.32. The summed E-state index contributed by atoms with van der Waals surface area (Å²) in [7, 11) is 0. The fourth-order valence-electron chi connectivity index (χ4n) is 2.32. The lowest BCUT2D eigenvalue weighted by molar-refractivity contribution is 0.407. The Morgan fingerprint density at radius 3 is 1.88 bits per heavy atom. The zero-order chi connectivity index (χ0) is 12.8. The van der Waals surface area contributed by atoms with Crippen LogP contribution >= 0.6 is 0 Å². The maximum absolute atomic E-state index is 2.40. The van der Waals surface area contributed by atoms with Crippen molar-refractivity contribution in [2.24, 2.45) is 5.92 Å². The minimum Gasteiger partial charge on any atom is -0.0885 e. The van der Waals surface area contributed by atoms with Crippen molar-refractivity contribution in [1.29, 1.82) is 0 Å². The summed E-state index contributed by atoms with van der Waals surface area (Å²) in [6.07, 6.45) is 19.9. The van der Waals surface area contributed by atoms with Gasteiger partial charge in [-0.3, -0.25) is 0 Å². The molecule has 17 heavy (non-hydrogen) atoms. The van der Waals surface area contributed by atoms with Gasteiger partial charge in [-0.1, -0.05) is 84.3 Å². The third-order valence-corrected chi connectivity index (χ3v) is 3.67. The second kappa shape index (κ2) is 13.8. The van der Waals surface area contributed by atoms with Crippen LogP contribution in [0.25, 0.3) is 0 Å². The van der Waals surface area contributed by atoms with Crippen LogP contribution in [0.2, 0.25) is 0 Å². The molecule has 0 heterocycles. The fraction of sp³-hybridized carbons (Fsp3) is 0.882. The van der Waals surface area contributed by atoms with Gasteiger partial charge in [-0.05, 0) is 25.2 Å². The molecular formula is C17H34. The van der Waals surface area contributed by atoms with Crippen molar-refractivity contribution in [1.82, 2.24) is 0 Å². The number of allylic oxidation sites excluding steroid dienone is 2. The van der Waals surface area contributed by atoms with Crippen LogP contribution in [0, 0.1) is 5.92 Å². The van der Waals surface area contributed by atoms with Crippen LogP contribution in [0.4, 0.5) is 0 Å². The van der Waals surface area contributed by atoms with Crippen LogP contribution in [0.5, 0.6) is 0 Å². The summed E-state index contributed by atoms with van der Waals surface area (Å²) in [4.78, 5) is 0. The number of unbranched alkanes of at least 4 members (excludes halogenated alkanes) is 5. The van der Waals surface area contributed by atoms with E-state index in [0.29, 0.717) is 0 Å². The van der Waals surface area contributed by atoms with E-state index in [4.69, 9.17) is 0 Å². The van der Waals surface area contributed by atoms with Gasteiger partial charge in [0.15, 0.2) is 0 Å². The van der Waals surface area contributed by atoms with E-state index in [0.717, 1.165) is 5.92 Å². The summed E-state index contributed by atoms with van der Waals surface area (Å²) >= 11 is 0. The standard InChI is InChI=1S/C17H34/c1-4-7-9-10-11-12-14-16-17(6-3)15-13-8-5-2/h10-11,17H,4-9,12-16H2,1-3H3/b11-10+. The Morgan fingerprint density at radius 1 is 0.706 bits per heavy atom. The molecule has 1 unspecified atom stereocenters. The van der Waals surface area contributed by atoms with E-state index in [2.05, 4.69) is 32.9 Å². The highest BCUT2D eigenvalue weighted by Gasteiger charge is 2.04. The first-order valence-electron chi connectivity index (χ1n) is 8.00. The Hall–Kier alpha value is -0.260. The van der Waals surface area contributed by atoms with Gasteiger partial charge in [0.05, 0.1) is 0 Å². The molecule has 0 N–H and O–H groups in total. The highest BCUT2D eigenvalue weighted by molar-refractivity contribution is 4.81. The molecule has 0 aliphatic heterocycles. The monoisotopic (exact) mass is 238 g/mol. The van der Waals surface area contributed by atoms with Crippen molar-refractivity contribution < 1.29 is 0 Å². The average Bonchev–Trinajstić information content (AvgIpc) is 2.35. The Balaban J connectivity index is 3.39. The van der Waals surface area contributed by atoms with E-state index in [1.165, 1.54) is 70.6 Å². The van der Waals surface area contributed by atoms with Crippen molar-refractivity contribution in [2.75, 3.05) is 0 Å². The molecule has 0 spiro atoms. The minimum absolute atomic E-state index is 0.991. The average molecular weight is 238 g/mol. The van der Waals surface area contributed by atoms with Crippen molar-refractivity contribution in [3.8, 4) is 0 Å². The topological polar surface area (TPSA) is 0 Å². The lowest BCUT2D eigenvalue weighted by Crippen LogP contribution is -1.98. The maximum Gasteiger partial charge on any atom is -0.0351 e. The Kier molecular flexibility index (Phi) is 13.6. The van der Waals surface area contributed by atoms with Crippen molar-refractivity contribution >= 4 is 0 Å². The highest BCUT2D eigenvalue weighted by atomic mass is 14.1. The normalized spacial score (nSPS) is 13.4. The zero-order valence-electron chi connectivity index (χ0n) is 12.5. The van der Waals surface area contributed by atoms with E-state index in [1.807, 2.05) is 0 Å². The molecule has 102 valence electrons. The van der Waals surface area contributed by atoms with Gasteiger partial charge >= 0.3 is 0 Å². The van der Waals surface area contributed by atoms with Gasteiger partial charge in [-0.25, -0.2) is 0 Å². The van der Waals surface area contributed by atoms with Gasteiger partial charge in [-0.2, -0.15) is 0 Å². The number of rotatable bonds is 12. The summed E-state index contributed by atoms with van der Waals surface area (Å²) in [6, 6.07) is 0. The molecule has 0 aliphatic rings.